The van der Waals surface area contributed by atoms with Gasteiger partial charge in [-0.2, -0.15) is 0 Å². The molecule has 0 aliphatic carbocycles. The van der Waals surface area contributed by atoms with Gasteiger partial charge in [-0.3, -0.25) is 4.79 Å². The van der Waals surface area contributed by atoms with Gasteiger partial charge >= 0.3 is 5.97 Å². The summed E-state index contributed by atoms with van der Waals surface area (Å²) in [5.41, 5.74) is 4.66. The molecule has 3 heteroatoms. The van der Waals surface area contributed by atoms with E-state index in [1.165, 1.54) is 44.1 Å². The second kappa shape index (κ2) is 14.3. The predicted molar refractivity (Wildman–Crippen MR) is 131 cm³/mol. The van der Waals surface area contributed by atoms with Crippen LogP contribution in [0.5, 0.6) is 0 Å². The number of rotatable bonds is 13. The summed E-state index contributed by atoms with van der Waals surface area (Å²) >= 11 is 0. The molecule has 166 valence electrons. The summed E-state index contributed by atoms with van der Waals surface area (Å²) < 4.78 is 0. The molecule has 0 saturated heterocycles. The summed E-state index contributed by atoms with van der Waals surface area (Å²) in [5, 5.41) is 12.2. The summed E-state index contributed by atoms with van der Waals surface area (Å²) in [5.74, 6) is 6.41. The molecule has 0 amide bonds. The minimum atomic E-state index is -0.748. The third-order valence-electron chi connectivity index (χ3n) is 5.45. The molecule has 2 N–H and O–H groups in total. The maximum absolute atomic E-state index is 10.6. The molecule has 31 heavy (non-hydrogen) atoms. The van der Waals surface area contributed by atoms with Gasteiger partial charge in [0.1, 0.15) is 0 Å². The van der Waals surface area contributed by atoms with Crippen LogP contribution in [0.15, 0.2) is 48.5 Å². The first kappa shape index (κ1) is 24.5. The van der Waals surface area contributed by atoms with Crippen molar-refractivity contribution in [1.29, 1.82) is 0 Å². The maximum Gasteiger partial charge on any atom is 0.303 e. The third kappa shape index (κ3) is 10.7. The van der Waals surface area contributed by atoms with Gasteiger partial charge in [0.25, 0.3) is 0 Å². The summed E-state index contributed by atoms with van der Waals surface area (Å²) in [6, 6.07) is 16.7. The molecule has 2 aromatic rings. The Morgan fingerprint density at radius 3 is 2.19 bits per heavy atom. The Labute approximate surface area is 188 Å². The number of aryl methyl sites for hydroxylation is 1. The van der Waals surface area contributed by atoms with Crippen molar-refractivity contribution in [2.75, 3.05) is 11.9 Å². The second-order valence-corrected chi connectivity index (χ2v) is 8.47. The van der Waals surface area contributed by atoms with Crippen LogP contribution in [-0.2, 0) is 11.2 Å². The number of carboxylic acid groups (broad SMARTS) is 1. The molecule has 0 aliphatic rings. The SMILES string of the molecule is CC(C)c1ccc(C#CCCCCCCCCNc2ccc(CCC(=O)O)cc2)cc1. The number of aliphatic carboxylic acids is 1. The Balaban J connectivity index is 1.47. The molecule has 0 aliphatic heterocycles. The summed E-state index contributed by atoms with van der Waals surface area (Å²) in [6.07, 6.45) is 9.18. The lowest BCUT2D eigenvalue weighted by Crippen LogP contribution is -2.02. The predicted octanol–water partition coefficient (Wildman–Crippen LogP) is 7.02. The van der Waals surface area contributed by atoms with E-state index in [9.17, 15) is 4.79 Å². The van der Waals surface area contributed by atoms with Crippen molar-refractivity contribution >= 4 is 11.7 Å². The number of carbonyl (C=O) groups is 1. The highest BCUT2D eigenvalue weighted by Crippen LogP contribution is 2.15. The molecule has 0 radical (unpaired) electrons. The molecule has 0 aromatic heterocycles. The number of anilines is 1. The third-order valence-corrected chi connectivity index (χ3v) is 5.45. The number of unbranched alkanes of at least 4 members (excludes halogenated alkanes) is 6. The fourth-order valence-corrected chi connectivity index (χ4v) is 3.43. The largest absolute Gasteiger partial charge is 0.481 e. The van der Waals surface area contributed by atoms with E-state index in [4.69, 9.17) is 5.11 Å². The van der Waals surface area contributed by atoms with Gasteiger partial charge in [-0.05, 0) is 60.6 Å². The number of nitrogens with one attached hydrogen (secondary N) is 1. The van der Waals surface area contributed by atoms with E-state index in [-0.39, 0.29) is 6.42 Å². The number of hydrogen-bond acceptors (Lipinski definition) is 2. The summed E-state index contributed by atoms with van der Waals surface area (Å²) in [7, 11) is 0. The lowest BCUT2D eigenvalue weighted by atomic mass is 10.0. The lowest BCUT2D eigenvalue weighted by molar-refractivity contribution is -0.136. The van der Waals surface area contributed by atoms with Crippen molar-refractivity contribution in [2.24, 2.45) is 0 Å². The number of hydrogen-bond donors (Lipinski definition) is 2. The highest BCUT2D eigenvalue weighted by Gasteiger charge is 2.00. The van der Waals surface area contributed by atoms with E-state index < -0.39 is 5.97 Å². The van der Waals surface area contributed by atoms with Crippen LogP contribution in [0.25, 0.3) is 0 Å². The smallest absolute Gasteiger partial charge is 0.303 e. The van der Waals surface area contributed by atoms with Gasteiger partial charge in [0.15, 0.2) is 0 Å². The van der Waals surface area contributed by atoms with Crippen molar-refractivity contribution in [1.82, 2.24) is 0 Å². The molecule has 0 unspecified atom stereocenters. The van der Waals surface area contributed by atoms with Gasteiger partial charge in [-0.25, -0.2) is 0 Å². The van der Waals surface area contributed by atoms with Gasteiger partial charge in [-0.15, -0.1) is 0 Å². The zero-order valence-corrected chi connectivity index (χ0v) is 19.1. The Bertz CT molecular complexity index is 826. The number of carboxylic acids is 1. The molecule has 3 nitrogen and oxygen atoms in total. The minimum Gasteiger partial charge on any atom is -0.481 e. The van der Waals surface area contributed by atoms with Crippen LogP contribution in [0.1, 0.15) is 87.8 Å². The zero-order chi connectivity index (χ0) is 22.3. The molecule has 2 rings (SSSR count). The molecule has 0 fully saturated rings. The van der Waals surface area contributed by atoms with E-state index in [1.54, 1.807) is 0 Å². The zero-order valence-electron chi connectivity index (χ0n) is 19.1. The molecule has 0 atom stereocenters. The highest BCUT2D eigenvalue weighted by atomic mass is 16.4. The molecule has 0 bridgehead atoms. The van der Waals surface area contributed by atoms with E-state index in [0.29, 0.717) is 12.3 Å². The summed E-state index contributed by atoms with van der Waals surface area (Å²) in [6.45, 7) is 5.40. The quantitative estimate of drug-likeness (QED) is 0.271. The van der Waals surface area contributed by atoms with Crippen LogP contribution < -0.4 is 5.32 Å². The van der Waals surface area contributed by atoms with Crippen LogP contribution in [0, 0.1) is 11.8 Å². The average molecular weight is 420 g/mol. The van der Waals surface area contributed by atoms with Gasteiger partial charge in [0.2, 0.25) is 0 Å². The molecule has 0 heterocycles. The second-order valence-electron chi connectivity index (χ2n) is 8.47. The minimum absolute atomic E-state index is 0.186. The molecule has 0 spiro atoms. The molecule has 2 aromatic carbocycles. The summed E-state index contributed by atoms with van der Waals surface area (Å²) in [4.78, 5) is 10.6. The van der Waals surface area contributed by atoms with Crippen LogP contribution >= 0.6 is 0 Å². The van der Waals surface area contributed by atoms with Crippen LogP contribution in [0.4, 0.5) is 5.69 Å². The topological polar surface area (TPSA) is 49.3 Å². The van der Waals surface area contributed by atoms with Gasteiger partial charge in [0, 0.05) is 30.6 Å². The van der Waals surface area contributed by atoms with Crippen LogP contribution in [0.2, 0.25) is 0 Å². The van der Waals surface area contributed by atoms with Gasteiger partial charge in [-0.1, -0.05) is 75.6 Å². The normalized spacial score (nSPS) is 10.5. The Morgan fingerprint density at radius 2 is 1.55 bits per heavy atom. The first-order valence-corrected chi connectivity index (χ1v) is 11.7. The van der Waals surface area contributed by atoms with E-state index >= 15 is 0 Å². The first-order chi connectivity index (χ1) is 15.0. The van der Waals surface area contributed by atoms with Crippen molar-refractivity contribution in [3.63, 3.8) is 0 Å². The first-order valence-electron chi connectivity index (χ1n) is 11.7. The Morgan fingerprint density at radius 1 is 0.903 bits per heavy atom. The van der Waals surface area contributed by atoms with Crippen molar-refractivity contribution < 1.29 is 9.90 Å². The van der Waals surface area contributed by atoms with Crippen LogP contribution in [0.3, 0.4) is 0 Å². The van der Waals surface area contributed by atoms with Crippen molar-refractivity contribution in [3.8, 4) is 11.8 Å². The fraction of sp³-hybridized carbons (Fsp3) is 0.464. The fourth-order valence-electron chi connectivity index (χ4n) is 3.43. The van der Waals surface area contributed by atoms with E-state index in [0.717, 1.165) is 29.8 Å². The lowest BCUT2D eigenvalue weighted by Gasteiger charge is -2.07. The number of benzene rings is 2. The van der Waals surface area contributed by atoms with Crippen molar-refractivity contribution in [3.05, 3.63) is 65.2 Å². The van der Waals surface area contributed by atoms with Crippen LogP contribution in [-0.4, -0.2) is 17.6 Å². The molecule has 0 saturated carbocycles. The average Bonchev–Trinajstić information content (AvgIpc) is 2.77. The van der Waals surface area contributed by atoms with Crippen molar-refractivity contribution in [2.45, 2.75) is 77.6 Å². The monoisotopic (exact) mass is 419 g/mol. The van der Waals surface area contributed by atoms with Gasteiger partial charge < -0.3 is 10.4 Å². The maximum atomic E-state index is 10.6. The standard InChI is InChI=1S/C28H37NO2/c1-23(2)26-17-12-24(13-18-26)11-9-7-5-3-4-6-8-10-22-29-27-19-14-25(15-20-27)16-21-28(30)31/h12-15,17-20,23,29H,3-8,10,16,21-22H2,1-2H3,(H,30,31). The van der Waals surface area contributed by atoms with Gasteiger partial charge in [0.05, 0.1) is 0 Å². The molecular formula is C28H37NO2. The molecular weight excluding hydrogens is 382 g/mol. The Kier molecular flexibility index (Phi) is 11.3. The van der Waals surface area contributed by atoms with E-state index in [2.05, 4.69) is 55.3 Å². The van der Waals surface area contributed by atoms with E-state index in [1.807, 2.05) is 24.3 Å². The Hall–Kier alpha value is -2.73. The highest BCUT2D eigenvalue weighted by molar-refractivity contribution is 5.67.